The average molecular weight is 327 g/mol. The lowest BCUT2D eigenvalue weighted by Crippen LogP contribution is -2.29. The van der Waals surface area contributed by atoms with Crippen molar-refractivity contribution in [1.29, 1.82) is 0 Å². The van der Waals surface area contributed by atoms with Crippen molar-refractivity contribution < 1.29 is 12.8 Å². The van der Waals surface area contributed by atoms with E-state index >= 15 is 0 Å². The predicted molar refractivity (Wildman–Crippen MR) is 78.6 cm³/mol. The Morgan fingerprint density at radius 3 is 2.74 bits per heavy atom. The summed E-state index contributed by atoms with van der Waals surface area (Å²) < 4.78 is 39.7. The van der Waals surface area contributed by atoms with Crippen molar-refractivity contribution in [3.8, 4) is 0 Å². The highest BCUT2D eigenvalue weighted by Crippen LogP contribution is 2.26. The van der Waals surface area contributed by atoms with Crippen LogP contribution in [0.1, 0.15) is 6.92 Å². The first-order valence-electron chi connectivity index (χ1n) is 5.51. The molecule has 0 radical (unpaired) electrons. The fourth-order valence-electron chi connectivity index (χ4n) is 1.42. The maximum absolute atomic E-state index is 13.1. The second kappa shape index (κ2) is 6.78. The lowest BCUT2D eigenvalue weighted by Gasteiger charge is -2.13. The molecule has 0 bridgehead atoms. The largest absolute Gasteiger partial charge is 0.396 e. The van der Waals surface area contributed by atoms with Gasteiger partial charge in [0, 0.05) is 6.54 Å². The Labute approximate surface area is 121 Å². The molecule has 0 heterocycles. The molecule has 1 rings (SSSR count). The van der Waals surface area contributed by atoms with Crippen molar-refractivity contribution in [2.24, 2.45) is 5.92 Å². The Morgan fingerprint density at radius 1 is 1.53 bits per heavy atom. The Kier molecular flexibility index (Phi) is 5.91. The molecule has 0 aromatic heterocycles. The van der Waals surface area contributed by atoms with Gasteiger partial charge in [-0.1, -0.05) is 18.5 Å². The van der Waals surface area contributed by atoms with E-state index in [2.05, 4.69) is 4.72 Å². The van der Waals surface area contributed by atoms with Crippen LogP contribution < -0.4 is 10.5 Å². The minimum atomic E-state index is -3.78. The van der Waals surface area contributed by atoms with Gasteiger partial charge in [-0.2, -0.15) is 11.8 Å². The molecule has 0 aliphatic heterocycles. The summed E-state index contributed by atoms with van der Waals surface area (Å²) in [6.45, 7) is 2.22. The lowest BCUT2D eigenvalue weighted by atomic mass is 10.2. The van der Waals surface area contributed by atoms with Crippen LogP contribution in [-0.2, 0) is 10.0 Å². The molecule has 4 nitrogen and oxygen atoms in total. The number of nitrogens with one attached hydrogen (secondary N) is 1. The molecule has 0 spiro atoms. The van der Waals surface area contributed by atoms with Gasteiger partial charge in [-0.05, 0) is 30.1 Å². The zero-order valence-corrected chi connectivity index (χ0v) is 13.0. The molecule has 3 N–H and O–H groups in total. The maximum atomic E-state index is 13.1. The van der Waals surface area contributed by atoms with Crippen LogP contribution in [0.5, 0.6) is 0 Å². The Hall–Kier alpha value is -0.500. The Balaban J connectivity index is 2.92. The molecule has 0 saturated heterocycles. The van der Waals surface area contributed by atoms with Crippen LogP contribution in [0.4, 0.5) is 10.1 Å². The van der Waals surface area contributed by atoms with Crippen LogP contribution in [0.3, 0.4) is 0 Å². The number of benzene rings is 1. The quantitative estimate of drug-likeness (QED) is 0.787. The van der Waals surface area contributed by atoms with E-state index in [0.717, 1.165) is 17.9 Å². The maximum Gasteiger partial charge on any atom is 0.242 e. The zero-order valence-electron chi connectivity index (χ0n) is 10.6. The fourth-order valence-corrected chi connectivity index (χ4v) is 3.82. The summed E-state index contributed by atoms with van der Waals surface area (Å²) in [5, 5.41) is -0.184. The number of hydrogen-bond acceptors (Lipinski definition) is 4. The summed E-state index contributed by atoms with van der Waals surface area (Å²) in [6, 6.07) is 1.93. The van der Waals surface area contributed by atoms with E-state index in [1.165, 1.54) is 0 Å². The second-order valence-electron chi connectivity index (χ2n) is 4.22. The molecule has 1 atom stereocenters. The zero-order chi connectivity index (χ0) is 14.6. The van der Waals surface area contributed by atoms with E-state index in [4.69, 9.17) is 17.3 Å². The molecular formula is C11H16ClFN2O2S2. The van der Waals surface area contributed by atoms with Gasteiger partial charge >= 0.3 is 0 Å². The summed E-state index contributed by atoms with van der Waals surface area (Å²) in [5.41, 5.74) is 5.11. The van der Waals surface area contributed by atoms with Gasteiger partial charge in [-0.25, -0.2) is 17.5 Å². The summed E-state index contributed by atoms with van der Waals surface area (Å²) in [4.78, 5) is -0.204. The first-order valence-corrected chi connectivity index (χ1v) is 8.76. The van der Waals surface area contributed by atoms with Crippen molar-refractivity contribution in [2.75, 3.05) is 24.3 Å². The van der Waals surface area contributed by atoms with E-state index in [1.54, 1.807) is 11.8 Å². The monoisotopic (exact) mass is 326 g/mol. The Morgan fingerprint density at radius 2 is 2.16 bits per heavy atom. The number of sulfonamides is 1. The standard InChI is InChI=1S/C11H16ClFN2O2S2/c1-7(6-18-2)5-15-19(16,17)11-4-10(14)9(13)3-8(11)12/h3-4,7,15H,5-6,14H2,1-2H3. The van der Waals surface area contributed by atoms with Crippen molar-refractivity contribution >= 4 is 39.1 Å². The van der Waals surface area contributed by atoms with E-state index in [9.17, 15) is 12.8 Å². The number of nitrogen functional groups attached to an aromatic ring is 1. The number of thioether (sulfide) groups is 1. The van der Waals surface area contributed by atoms with E-state index in [1.807, 2.05) is 13.2 Å². The molecule has 0 saturated carbocycles. The molecule has 0 aliphatic carbocycles. The van der Waals surface area contributed by atoms with Crippen molar-refractivity contribution in [3.63, 3.8) is 0 Å². The van der Waals surface area contributed by atoms with Crippen LogP contribution in [0.15, 0.2) is 17.0 Å². The first kappa shape index (κ1) is 16.6. The van der Waals surface area contributed by atoms with Crippen LogP contribution in [0, 0.1) is 11.7 Å². The van der Waals surface area contributed by atoms with Gasteiger partial charge in [0.25, 0.3) is 0 Å². The minimum absolute atomic E-state index is 0.182. The third kappa shape index (κ3) is 4.52. The SMILES string of the molecule is CSCC(C)CNS(=O)(=O)c1cc(N)c(F)cc1Cl. The second-order valence-corrected chi connectivity index (χ2v) is 7.27. The summed E-state index contributed by atoms with van der Waals surface area (Å²) in [5.74, 6) is 0.281. The van der Waals surface area contributed by atoms with E-state index in [-0.39, 0.29) is 28.1 Å². The van der Waals surface area contributed by atoms with Crippen LogP contribution in [-0.4, -0.2) is 27.0 Å². The molecule has 0 fully saturated rings. The van der Waals surface area contributed by atoms with Gasteiger partial charge in [0.1, 0.15) is 10.7 Å². The van der Waals surface area contributed by atoms with Gasteiger partial charge in [-0.3, -0.25) is 0 Å². The Bertz CT molecular complexity index is 552. The van der Waals surface area contributed by atoms with Crippen molar-refractivity contribution in [2.45, 2.75) is 11.8 Å². The minimum Gasteiger partial charge on any atom is -0.396 e. The summed E-state index contributed by atoms with van der Waals surface area (Å²) in [7, 11) is -3.78. The predicted octanol–water partition coefficient (Wildman–Crippen LogP) is 2.34. The highest BCUT2D eigenvalue weighted by molar-refractivity contribution is 7.98. The average Bonchev–Trinajstić information content (AvgIpc) is 2.31. The molecule has 19 heavy (non-hydrogen) atoms. The molecule has 8 heteroatoms. The number of hydrogen-bond donors (Lipinski definition) is 2. The smallest absolute Gasteiger partial charge is 0.242 e. The molecule has 0 aliphatic rings. The molecule has 1 unspecified atom stereocenters. The van der Waals surface area contributed by atoms with E-state index < -0.39 is 15.8 Å². The molecule has 1 aromatic carbocycles. The molecule has 0 amide bonds. The first-order chi connectivity index (χ1) is 8.77. The third-order valence-corrected chi connectivity index (χ3v) is 5.20. The third-order valence-electron chi connectivity index (χ3n) is 2.41. The van der Waals surface area contributed by atoms with Gasteiger partial charge in [0.05, 0.1) is 10.7 Å². The van der Waals surface area contributed by atoms with Crippen molar-refractivity contribution in [1.82, 2.24) is 4.72 Å². The number of anilines is 1. The molecule has 108 valence electrons. The molecule has 1 aromatic rings. The van der Waals surface area contributed by atoms with Crippen LogP contribution >= 0.6 is 23.4 Å². The van der Waals surface area contributed by atoms with Gasteiger partial charge in [0.15, 0.2) is 0 Å². The lowest BCUT2D eigenvalue weighted by molar-refractivity contribution is 0.562. The van der Waals surface area contributed by atoms with E-state index in [0.29, 0.717) is 0 Å². The summed E-state index contributed by atoms with van der Waals surface area (Å²) in [6.07, 6.45) is 1.95. The number of halogens is 2. The van der Waals surface area contributed by atoms with Crippen molar-refractivity contribution in [3.05, 3.63) is 23.0 Å². The fraction of sp³-hybridized carbons (Fsp3) is 0.455. The van der Waals surface area contributed by atoms with Gasteiger partial charge < -0.3 is 5.73 Å². The van der Waals surface area contributed by atoms with Gasteiger partial charge in [0.2, 0.25) is 10.0 Å². The summed E-state index contributed by atoms with van der Waals surface area (Å²) >= 11 is 7.38. The highest BCUT2D eigenvalue weighted by atomic mass is 35.5. The normalized spacial score (nSPS) is 13.5. The van der Waals surface area contributed by atoms with Crippen LogP contribution in [0.25, 0.3) is 0 Å². The topological polar surface area (TPSA) is 72.2 Å². The highest BCUT2D eigenvalue weighted by Gasteiger charge is 2.20. The molecular weight excluding hydrogens is 311 g/mol. The number of nitrogens with two attached hydrogens (primary N) is 1. The number of rotatable bonds is 6. The van der Waals surface area contributed by atoms with Gasteiger partial charge in [-0.15, -0.1) is 0 Å². The van der Waals surface area contributed by atoms with Crippen LogP contribution in [0.2, 0.25) is 5.02 Å².